The van der Waals surface area contributed by atoms with Gasteiger partial charge in [-0.1, -0.05) is 19.3 Å². The fraction of sp³-hybridized carbons (Fsp3) is 1.00. The first-order valence-electron chi connectivity index (χ1n) is 6.17. The molecule has 3 heteroatoms. The molecule has 2 aliphatic rings. The average molecular weight is 197 g/mol. The topological polar surface area (TPSA) is 27.3 Å². The molecule has 2 rings (SSSR count). The third-order valence-corrected chi connectivity index (χ3v) is 3.31. The molecule has 1 heterocycles. The van der Waals surface area contributed by atoms with Gasteiger partial charge in [0.1, 0.15) is 0 Å². The smallest absolute Gasteiger partial charge is 0.0256 e. The van der Waals surface area contributed by atoms with Gasteiger partial charge in [-0.05, 0) is 25.8 Å². The van der Waals surface area contributed by atoms with Gasteiger partial charge in [0, 0.05) is 25.7 Å². The number of hydrazine groups is 1. The van der Waals surface area contributed by atoms with Crippen LogP contribution in [0.2, 0.25) is 0 Å². The van der Waals surface area contributed by atoms with Crippen molar-refractivity contribution in [3.05, 3.63) is 0 Å². The van der Waals surface area contributed by atoms with Gasteiger partial charge in [0.05, 0.1) is 0 Å². The van der Waals surface area contributed by atoms with Crippen molar-refractivity contribution in [1.82, 2.24) is 15.8 Å². The molecule has 3 nitrogen and oxygen atoms in total. The van der Waals surface area contributed by atoms with Crippen LogP contribution < -0.4 is 10.7 Å². The van der Waals surface area contributed by atoms with E-state index in [4.69, 9.17) is 0 Å². The number of nitrogens with zero attached hydrogens (tertiary/aromatic N) is 1. The highest BCUT2D eigenvalue weighted by molar-refractivity contribution is 4.72. The zero-order valence-electron chi connectivity index (χ0n) is 9.10. The Hall–Kier alpha value is -0.120. The highest BCUT2D eigenvalue weighted by Crippen LogP contribution is 2.17. The van der Waals surface area contributed by atoms with Crippen molar-refractivity contribution in [1.29, 1.82) is 0 Å². The largest absolute Gasteiger partial charge is 0.315 e. The van der Waals surface area contributed by atoms with Crippen LogP contribution in [0.5, 0.6) is 0 Å². The third kappa shape index (κ3) is 3.23. The van der Waals surface area contributed by atoms with Gasteiger partial charge in [-0.2, -0.15) is 0 Å². The van der Waals surface area contributed by atoms with Crippen LogP contribution >= 0.6 is 0 Å². The van der Waals surface area contributed by atoms with Gasteiger partial charge >= 0.3 is 0 Å². The summed E-state index contributed by atoms with van der Waals surface area (Å²) >= 11 is 0. The van der Waals surface area contributed by atoms with Gasteiger partial charge in [-0.3, -0.25) is 5.43 Å². The molecule has 1 aliphatic heterocycles. The summed E-state index contributed by atoms with van der Waals surface area (Å²) in [5.41, 5.74) is 3.69. The zero-order chi connectivity index (χ0) is 9.64. The molecule has 0 bridgehead atoms. The van der Waals surface area contributed by atoms with Crippen molar-refractivity contribution in [3.63, 3.8) is 0 Å². The van der Waals surface area contributed by atoms with Gasteiger partial charge in [-0.25, -0.2) is 5.01 Å². The summed E-state index contributed by atoms with van der Waals surface area (Å²) in [6.45, 7) is 4.70. The summed E-state index contributed by atoms with van der Waals surface area (Å²) < 4.78 is 0. The first-order chi connectivity index (χ1) is 6.95. The Bertz CT molecular complexity index is 147. The van der Waals surface area contributed by atoms with Crippen molar-refractivity contribution in [2.75, 3.05) is 26.2 Å². The average Bonchev–Trinajstić information content (AvgIpc) is 2.48. The van der Waals surface area contributed by atoms with E-state index in [1.54, 1.807) is 0 Å². The molecule has 1 saturated heterocycles. The first kappa shape index (κ1) is 10.4. The second-order valence-electron chi connectivity index (χ2n) is 4.55. The summed E-state index contributed by atoms with van der Waals surface area (Å²) in [7, 11) is 0. The number of rotatable bonds is 2. The molecule has 0 aromatic rings. The summed E-state index contributed by atoms with van der Waals surface area (Å²) in [4.78, 5) is 0. The Kier molecular flexibility index (Phi) is 4.22. The number of hydrogen-bond acceptors (Lipinski definition) is 3. The van der Waals surface area contributed by atoms with Crippen LogP contribution in [0.15, 0.2) is 0 Å². The second kappa shape index (κ2) is 5.69. The SMILES string of the molecule is C1CCC(NN2CCCNCC2)CC1. The van der Waals surface area contributed by atoms with Crippen molar-refractivity contribution in [3.8, 4) is 0 Å². The molecule has 0 amide bonds. The Morgan fingerprint density at radius 2 is 1.79 bits per heavy atom. The van der Waals surface area contributed by atoms with Gasteiger partial charge in [-0.15, -0.1) is 0 Å². The predicted molar refractivity (Wildman–Crippen MR) is 59.1 cm³/mol. The van der Waals surface area contributed by atoms with E-state index in [0.717, 1.165) is 19.1 Å². The van der Waals surface area contributed by atoms with E-state index in [0.29, 0.717) is 0 Å². The molecule has 2 fully saturated rings. The van der Waals surface area contributed by atoms with Crippen LogP contribution in [-0.4, -0.2) is 37.2 Å². The maximum atomic E-state index is 3.69. The summed E-state index contributed by atoms with van der Waals surface area (Å²) in [6.07, 6.45) is 8.32. The highest BCUT2D eigenvalue weighted by Gasteiger charge is 2.16. The number of hydrogen-bond donors (Lipinski definition) is 2. The highest BCUT2D eigenvalue weighted by atomic mass is 15.5. The van der Waals surface area contributed by atoms with Crippen molar-refractivity contribution < 1.29 is 0 Å². The Labute approximate surface area is 87.2 Å². The quantitative estimate of drug-likeness (QED) is 0.694. The zero-order valence-corrected chi connectivity index (χ0v) is 9.10. The van der Waals surface area contributed by atoms with E-state index in [-0.39, 0.29) is 0 Å². The summed E-state index contributed by atoms with van der Waals surface area (Å²) in [5.74, 6) is 0. The monoisotopic (exact) mass is 197 g/mol. The molecule has 0 spiro atoms. The lowest BCUT2D eigenvalue weighted by molar-refractivity contribution is 0.147. The maximum absolute atomic E-state index is 3.69. The maximum Gasteiger partial charge on any atom is 0.0256 e. The van der Waals surface area contributed by atoms with E-state index in [1.807, 2.05) is 0 Å². The molecule has 1 saturated carbocycles. The van der Waals surface area contributed by atoms with E-state index < -0.39 is 0 Å². The molecule has 0 unspecified atom stereocenters. The molecule has 82 valence electrons. The van der Waals surface area contributed by atoms with Gasteiger partial charge in [0.25, 0.3) is 0 Å². The fourth-order valence-electron chi connectivity index (χ4n) is 2.46. The van der Waals surface area contributed by atoms with Crippen LogP contribution in [0, 0.1) is 0 Å². The van der Waals surface area contributed by atoms with Crippen molar-refractivity contribution >= 4 is 0 Å². The van der Waals surface area contributed by atoms with Gasteiger partial charge in [0.2, 0.25) is 0 Å². The van der Waals surface area contributed by atoms with E-state index in [2.05, 4.69) is 15.8 Å². The summed E-state index contributed by atoms with van der Waals surface area (Å²) in [5, 5.41) is 5.86. The molecular formula is C11H23N3. The van der Waals surface area contributed by atoms with Crippen LogP contribution in [-0.2, 0) is 0 Å². The minimum Gasteiger partial charge on any atom is -0.315 e. The lowest BCUT2D eigenvalue weighted by atomic mass is 9.96. The van der Waals surface area contributed by atoms with Crippen LogP contribution in [0.3, 0.4) is 0 Å². The fourth-order valence-corrected chi connectivity index (χ4v) is 2.46. The Balaban J connectivity index is 1.71. The molecule has 2 N–H and O–H groups in total. The molecular weight excluding hydrogens is 174 g/mol. The third-order valence-electron chi connectivity index (χ3n) is 3.31. The van der Waals surface area contributed by atoms with Gasteiger partial charge in [0.15, 0.2) is 0 Å². The standard InChI is InChI=1S/C11H23N3/c1-2-5-11(6-3-1)13-14-9-4-7-12-8-10-14/h11-13H,1-10H2. The Morgan fingerprint density at radius 1 is 0.929 bits per heavy atom. The molecule has 1 aliphatic carbocycles. The molecule has 0 atom stereocenters. The molecule has 14 heavy (non-hydrogen) atoms. The van der Waals surface area contributed by atoms with E-state index in [9.17, 15) is 0 Å². The summed E-state index contributed by atoms with van der Waals surface area (Å²) in [6, 6.07) is 0.766. The number of nitrogens with one attached hydrogen (secondary N) is 2. The minimum atomic E-state index is 0.766. The molecule has 0 aromatic carbocycles. The first-order valence-corrected chi connectivity index (χ1v) is 6.17. The lowest BCUT2D eigenvalue weighted by Gasteiger charge is -2.30. The van der Waals surface area contributed by atoms with Crippen LogP contribution in [0.25, 0.3) is 0 Å². The molecule has 0 radical (unpaired) electrons. The Morgan fingerprint density at radius 3 is 2.64 bits per heavy atom. The van der Waals surface area contributed by atoms with E-state index >= 15 is 0 Å². The molecule has 0 aromatic heterocycles. The van der Waals surface area contributed by atoms with E-state index in [1.165, 1.54) is 51.6 Å². The van der Waals surface area contributed by atoms with Crippen molar-refractivity contribution in [2.24, 2.45) is 0 Å². The predicted octanol–water partition coefficient (Wildman–Crippen LogP) is 1.12. The second-order valence-corrected chi connectivity index (χ2v) is 4.55. The van der Waals surface area contributed by atoms with Crippen molar-refractivity contribution in [2.45, 2.75) is 44.6 Å². The van der Waals surface area contributed by atoms with Gasteiger partial charge < -0.3 is 5.32 Å². The van der Waals surface area contributed by atoms with Crippen LogP contribution in [0.4, 0.5) is 0 Å². The lowest BCUT2D eigenvalue weighted by Crippen LogP contribution is -2.46. The minimum absolute atomic E-state index is 0.766. The van der Waals surface area contributed by atoms with Crippen LogP contribution in [0.1, 0.15) is 38.5 Å². The normalized spacial score (nSPS) is 27.4.